The van der Waals surface area contributed by atoms with Gasteiger partial charge in [-0.25, -0.2) is 0 Å². The third-order valence-corrected chi connectivity index (χ3v) is 2.58. The number of hydrogen-bond acceptors (Lipinski definition) is 1. The standard InChI is InChI=1S/C13H19N/c1-8(2)13(14)12-10(4)6-9(3)7-11(12)5/h6-7,13H,1,14H2,2-5H3. The van der Waals surface area contributed by atoms with Crippen molar-refractivity contribution in [1.82, 2.24) is 0 Å². The maximum absolute atomic E-state index is 6.09. The predicted octanol–water partition coefficient (Wildman–Crippen LogP) is 3.19. The lowest BCUT2D eigenvalue weighted by molar-refractivity contribution is 0.831. The highest BCUT2D eigenvalue weighted by Gasteiger charge is 2.12. The number of rotatable bonds is 2. The zero-order chi connectivity index (χ0) is 10.9. The molecule has 1 nitrogen and oxygen atoms in total. The average Bonchev–Trinajstić information content (AvgIpc) is 2.01. The molecule has 0 radical (unpaired) electrons. The van der Waals surface area contributed by atoms with Gasteiger partial charge in [0.2, 0.25) is 0 Å². The molecule has 0 amide bonds. The van der Waals surface area contributed by atoms with Gasteiger partial charge in [0.1, 0.15) is 0 Å². The second-order valence-electron chi connectivity index (χ2n) is 4.14. The Bertz CT molecular complexity index is 340. The SMILES string of the molecule is C=C(C)C(N)c1c(C)cc(C)cc1C. The van der Waals surface area contributed by atoms with Crippen LogP contribution in [0.4, 0.5) is 0 Å². The van der Waals surface area contributed by atoms with E-state index < -0.39 is 0 Å². The molecule has 1 aromatic carbocycles. The van der Waals surface area contributed by atoms with Crippen molar-refractivity contribution in [2.24, 2.45) is 5.73 Å². The first-order valence-electron chi connectivity index (χ1n) is 4.92. The summed E-state index contributed by atoms with van der Waals surface area (Å²) in [6, 6.07) is 4.31. The van der Waals surface area contributed by atoms with Gasteiger partial charge < -0.3 is 5.73 Å². The minimum atomic E-state index is -0.0319. The smallest absolute Gasteiger partial charge is 0.0510 e. The van der Waals surface area contributed by atoms with Crippen LogP contribution in [0.1, 0.15) is 35.2 Å². The molecule has 1 heteroatoms. The third-order valence-electron chi connectivity index (χ3n) is 2.58. The summed E-state index contributed by atoms with van der Waals surface area (Å²) in [5.74, 6) is 0. The highest BCUT2D eigenvalue weighted by Crippen LogP contribution is 2.25. The van der Waals surface area contributed by atoms with Gasteiger partial charge in [0.15, 0.2) is 0 Å². The molecule has 0 bridgehead atoms. The van der Waals surface area contributed by atoms with Crippen LogP contribution in [0.25, 0.3) is 0 Å². The molecule has 0 saturated carbocycles. The zero-order valence-corrected chi connectivity index (χ0v) is 9.52. The molecule has 14 heavy (non-hydrogen) atoms. The summed E-state index contributed by atoms with van der Waals surface area (Å²) in [7, 11) is 0. The molecule has 0 saturated heterocycles. The minimum Gasteiger partial charge on any atom is -0.321 e. The fourth-order valence-electron chi connectivity index (χ4n) is 1.93. The minimum absolute atomic E-state index is 0.0319. The van der Waals surface area contributed by atoms with E-state index in [-0.39, 0.29) is 6.04 Å². The Morgan fingerprint density at radius 2 is 1.64 bits per heavy atom. The van der Waals surface area contributed by atoms with Crippen LogP contribution in [0, 0.1) is 20.8 Å². The molecule has 1 atom stereocenters. The molecule has 0 heterocycles. The molecule has 0 aliphatic rings. The van der Waals surface area contributed by atoms with Crippen molar-refractivity contribution < 1.29 is 0 Å². The summed E-state index contributed by atoms with van der Waals surface area (Å²) >= 11 is 0. The van der Waals surface area contributed by atoms with Crippen molar-refractivity contribution in [3.05, 3.63) is 46.5 Å². The summed E-state index contributed by atoms with van der Waals surface area (Å²) in [6.45, 7) is 12.2. The maximum atomic E-state index is 6.09. The molecule has 1 unspecified atom stereocenters. The molecule has 76 valence electrons. The van der Waals surface area contributed by atoms with Crippen molar-refractivity contribution in [3.63, 3.8) is 0 Å². The summed E-state index contributed by atoms with van der Waals surface area (Å²) in [5.41, 5.74) is 12.1. The second-order valence-corrected chi connectivity index (χ2v) is 4.14. The first kappa shape index (κ1) is 11.0. The molecular formula is C13H19N. The zero-order valence-electron chi connectivity index (χ0n) is 9.52. The Kier molecular flexibility index (Phi) is 3.12. The number of benzene rings is 1. The van der Waals surface area contributed by atoms with Crippen molar-refractivity contribution in [3.8, 4) is 0 Å². The first-order chi connectivity index (χ1) is 6.43. The Morgan fingerprint density at radius 3 is 2.00 bits per heavy atom. The Morgan fingerprint density at radius 1 is 1.21 bits per heavy atom. The van der Waals surface area contributed by atoms with Gasteiger partial charge in [0.05, 0.1) is 6.04 Å². The fraction of sp³-hybridized carbons (Fsp3) is 0.385. The van der Waals surface area contributed by atoms with Crippen LogP contribution in [0.3, 0.4) is 0 Å². The quantitative estimate of drug-likeness (QED) is 0.710. The van der Waals surface area contributed by atoms with Crippen LogP contribution in [0.5, 0.6) is 0 Å². The molecule has 0 aliphatic carbocycles. The molecule has 0 aliphatic heterocycles. The predicted molar refractivity (Wildman–Crippen MR) is 62.4 cm³/mol. The fourth-order valence-corrected chi connectivity index (χ4v) is 1.93. The van der Waals surface area contributed by atoms with Crippen molar-refractivity contribution in [2.45, 2.75) is 33.7 Å². The number of nitrogens with two attached hydrogens (primary N) is 1. The van der Waals surface area contributed by atoms with E-state index in [4.69, 9.17) is 5.73 Å². The lowest BCUT2D eigenvalue weighted by Gasteiger charge is -2.18. The normalized spacial score (nSPS) is 12.6. The Balaban J connectivity index is 3.27. The maximum Gasteiger partial charge on any atom is 0.0510 e. The van der Waals surface area contributed by atoms with Crippen molar-refractivity contribution >= 4 is 0 Å². The van der Waals surface area contributed by atoms with Gasteiger partial charge in [0.25, 0.3) is 0 Å². The van der Waals surface area contributed by atoms with Crippen molar-refractivity contribution in [1.29, 1.82) is 0 Å². The second kappa shape index (κ2) is 3.97. The van der Waals surface area contributed by atoms with E-state index >= 15 is 0 Å². The molecule has 0 fully saturated rings. The number of hydrogen-bond donors (Lipinski definition) is 1. The van der Waals surface area contributed by atoms with Gasteiger partial charge >= 0.3 is 0 Å². The summed E-state index contributed by atoms with van der Waals surface area (Å²) in [6.07, 6.45) is 0. The number of aryl methyl sites for hydroxylation is 3. The average molecular weight is 189 g/mol. The van der Waals surface area contributed by atoms with E-state index in [0.717, 1.165) is 5.57 Å². The van der Waals surface area contributed by atoms with Gasteiger partial charge in [-0.2, -0.15) is 0 Å². The van der Waals surface area contributed by atoms with Crippen LogP contribution >= 0.6 is 0 Å². The van der Waals surface area contributed by atoms with Crippen LogP contribution in [-0.2, 0) is 0 Å². The topological polar surface area (TPSA) is 26.0 Å². The largest absolute Gasteiger partial charge is 0.321 e. The van der Waals surface area contributed by atoms with E-state index in [2.05, 4.69) is 39.5 Å². The highest BCUT2D eigenvalue weighted by molar-refractivity contribution is 5.42. The Labute approximate surface area is 86.6 Å². The van der Waals surface area contributed by atoms with Crippen LogP contribution in [0.15, 0.2) is 24.3 Å². The Hall–Kier alpha value is -1.08. The highest BCUT2D eigenvalue weighted by atomic mass is 14.6. The lowest BCUT2D eigenvalue weighted by Crippen LogP contribution is -2.14. The van der Waals surface area contributed by atoms with Gasteiger partial charge in [-0.1, -0.05) is 29.8 Å². The summed E-state index contributed by atoms with van der Waals surface area (Å²) < 4.78 is 0. The molecule has 0 spiro atoms. The first-order valence-corrected chi connectivity index (χ1v) is 4.92. The van der Waals surface area contributed by atoms with Crippen LogP contribution in [-0.4, -0.2) is 0 Å². The van der Waals surface area contributed by atoms with E-state index in [0.29, 0.717) is 0 Å². The molecular weight excluding hydrogens is 170 g/mol. The van der Waals surface area contributed by atoms with Gasteiger partial charge in [-0.15, -0.1) is 0 Å². The molecule has 2 N–H and O–H groups in total. The monoisotopic (exact) mass is 189 g/mol. The lowest BCUT2D eigenvalue weighted by atomic mass is 9.91. The van der Waals surface area contributed by atoms with Crippen LogP contribution < -0.4 is 5.73 Å². The summed E-state index contributed by atoms with van der Waals surface area (Å²) in [4.78, 5) is 0. The third kappa shape index (κ3) is 2.05. The summed E-state index contributed by atoms with van der Waals surface area (Å²) in [5, 5.41) is 0. The van der Waals surface area contributed by atoms with E-state index in [1.165, 1.54) is 22.3 Å². The van der Waals surface area contributed by atoms with Gasteiger partial charge in [0, 0.05) is 0 Å². The van der Waals surface area contributed by atoms with Gasteiger partial charge in [-0.05, 0) is 44.4 Å². The molecule has 1 rings (SSSR count). The van der Waals surface area contributed by atoms with Crippen molar-refractivity contribution in [2.75, 3.05) is 0 Å². The van der Waals surface area contributed by atoms with E-state index in [1.54, 1.807) is 0 Å². The van der Waals surface area contributed by atoms with E-state index in [9.17, 15) is 0 Å². The van der Waals surface area contributed by atoms with Crippen LogP contribution in [0.2, 0.25) is 0 Å². The van der Waals surface area contributed by atoms with E-state index in [1.807, 2.05) is 6.92 Å². The molecule has 0 aromatic heterocycles. The van der Waals surface area contributed by atoms with Gasteiger partial charge in [-0.3, -0.25) is 0 Å². The molecule has 1 aromatic rings.